The van der Waals surface area contributed by atoms with Gasteiger partial charge in [-0.15, -0.1) is 0 Å². The minimum atomic E-state index is 0.0909. The first-order valence-electron chi connectivity index (χ1n) is 7.01. The summed E-state index contributed by atoms with van der Waals surface area (Å²) in [6.07, 6.45) is 0.907. The molecule has 0 fully saturated rings. The van der Waals surface area contributed by atoms with Gasteiger partial charge in [0.25, 0.3) is 0 Å². The molecule has 5 heteroatoms. The molecule has 0 spiro atoms. The minimum absolute atomic E-state index is 0.0909. The number of pyridine rings is 1. The zero-order chi connectivity index (χ0) is 14.7. The van der Waals surface area contributed by atoms with Gasteiger partial charge in [0.05, 0.1) is 19.3 Å². The molecule has 1 N–H and O–H groups in total. The topological polar surface area (TPSA) is 43.4 Å². The Labute approximate surface area is 129 Å². The molecule has 1 aromatic carbocycles. The van der Waals surface area contributed by atoms with E-state index in [1.165, 1.54) is 0 Å². The Hall–Kier alpha value is -1.94. The third-order valence-corrected chi connectivity index (χ3v) is 3.56. The van der Waals surface area contributed by atoms with Gasteiger partial charge in [0.15, 0.2) is 11.5 Å². The molecule has 0 saturated carbocycles. The van der Waals surface area contributed by atoms with E-state index < -0.39 is 0 Å². The molecule has 21 heavy (non-hydrogen) atoms. The number of ether oxygens (including phenoxy) is 2. The van der Waals surface area contributed by atoms with Crippen LogP contribution in [0, 0.1) is 0 Å². The highest BCUT2D eigenvalue weighted by Gasteiger charge is 2.14. The minimum Gasteiger partial charge on any atom is -0.490 e. The quantitative estimate of drug-likeness (QED) is 0.868. The van der Waals surface area contributed by atoms with Gasteiger partial charge in [-0.1, -0.05) is 23.7 Å². The van der Waals surface area contributed by atoms with Crippen LogP contribution in [0.4, 0.5) is 5.82 Å². The van der Waals surface area contributed by atoms with E-state index >= 15 is 0 Å². The van der Waals surface area contributed by atoms with Gasteiger partial charge >= 0.3 is 0 Å². The number of hydrogen-bond donors (Lipinski definition) is 1. The number of anilines is 1. The summed E-state index contributed by atoms with van der Waals surface area (Å²) >= 11 is 5.90. The van der Waals surface area contributed by atoms with Crippen molar-refractivity contribution in [2.75, 3.05) is 18.5 Å². The summed E-state index contributed by atoms with van der Waals surface area (Å²) in [6, 6.07) is 11.6. The first-order chi connectivity index (χ1) is 10.2. The Morgan fingerprint density at radius 2 is 1.95 bits per heavy atom. The first-order valence-corrected chi connectivity index (χ1v) is 7.39. The maximum Gasteiger partial charge on any atom is 0.161 e. The second-order valence-electron chi connectivity index (χ2n) is 4.97. The number of hydrogen-bond acceptors (Lipinski definition) is 4. The van der Waals surface area contributed by atoms with Crippen molar-refractivity contribution >= 4 is 17.4 Å². The largest absolute Gasteiger partial charge is 0.490 e. The van der Waals surface area contributed by atoms with Crippen molar-refractivity contribution in [3.63, 3.8) is 0 Å². The van der Waals surface area contributed by atoms with Crippen LogP contribution in [0.2, 0.25) is 5.15 Å². The molecule has 1 atom stereocenters. The fourth-order valence-corrected chi connectivity index (χ4v) is 2.41. The van der Waals surface area contributed by atoms with Gasteiger partial charge in [-0.3, -0.25) is 0 Å². The highest BCUT2D eigenvalue weighted by atomic mass is 35.5. The zero-order valence-corrected chi connectivity index (χ0v) is 12.6. The van der Waals surface area contributed by atoms with Gasteiger partial charge in [-0.2, -0.15) is 0 Å². The zero-order valence-electron chi connectivity index (χ0n) is 11.8. The second kappa shape index (κ2) is 6.22. The molecule has 0 amide bonds. The number of nitrogens with one attached hydrogen (secondary N) is 1. The highest BCUT2D eigenvalue weighted by Crippen LogP contribution is 2.33. The summed E-state index contributed by atoms with van der Waals surface area (Å²) < 4.78 is 11.4. The molecule has 2 heterocycles. The summed E-state index contributed by atoms with van der Waals surface area (Å²) in [5.74, 6) is 2.36. The Balaban J connectivity index is 1.78. The molecule has 0 aliphatic carbocycles. The van der Waals surface area contributed by atoms with Crippen molar-refractivity contribution in [2.45, 2.75) is 19.4 Å². The van der Waals surface area contributed by atoms with Gasteiger partial charge in [0, 0.05) is 6.42 Å². The van der Waals surface area contributed by atoms with Gasteiger partial charge in [-0.25, -0.2) is 4.98 Å². The third kappa shape index (κ3) is 3.39. The molecular weight excluding hydrogens is 288 g/mol. The lowest BCUT2D eigenvalue weighted by Crippen LogP contribution is -2.08. The number of rotatable bonds is 3. The molecule has 1 aromatic heterocycles. The number of halogens is 1. The van der Waals surface area contributed by atoms with Crippen LogP contribution >= 0.6 is 11.6 Å². The van der Waals surface area contributed by atoms with E-state index in [0.29, 0.717) is 18.4 Å². The van der Waals surface area contributed by atoms with E-state index in [-0.39, 0.29) is 6.04 Å². The maximum atomic E-state index is 5.90. The predicted molar refractivity (Wildman–Crippen MR) is 83.3 cm³/mol. The monoisotopic (exact) mass is 304 g/mol. The molecule has 110 valence electrons. The molecule has 0 bridgehead atoms. The molecule has 0 radical (unpaired) electrons. The number of aromatic nitrogens is 1. The fourth-order valence-electron chi connectivity index (χ4n) is 2.24. The average molecular weight is 305 g/mol. The van der Waals surface area contributed by atoms with Crippen molar-refractivity contribution < 1.29 is 9.47 Å². The molecule has 1 aliphatic rings. The Morgan fingerprint density at radius 1 is 1.14 bits per heavy atom. The molecule has 2 aromatic rings. The van der Waals surface area contributed by atoms with E-state index in [2.05, 4.69) is 17.2 Å². The predicted octanol–water partition coefficient (Wildman–Crippen LogP) is 4.07. The van der Waals surface area contributed by atoms with Crippen LogP contribution in [0.25, 0.3) is 0 Å². The second-order valence-corrected chi connectivity index (χ2v) is 5.36. The van der Waals surface area contributed by atoms with E-state index in [1.54, 1.807) is 6.07 Å². The summed E-state index contributed by atoms with van der Waals surface area (Å²) in [4.78, 5) is 4.24. The highest BCUT2D eigenvalue weighted by molar-refractivity contribution is 6.29. The number of fused-ring (bicyclic) bond motifs is 1. The SMILES string of the molecule is CC(Nc1cccc(Cl)n1)c1ccc2c(c1)OCCCO2. The smallest absolute Gasteiger partial charge is 0.161 e. The third-order valence-electron chi connectivity index (χ3n) is 3.35. The van der Waals surface area contributed by atoms with Crippen LogP contribution < -0.4 is 14.8 Å². The lowest BCUT2D eigenvalue weighted by Gasteiger charge is -2.17. The Bertz CT molecular complexity index is 633. The normalized spacial score (nSPS) is 15.1. The lowest BCUT2D eigenvalue weighted by molar-refractivity contribution is 0.297. The van der Waals surface area contributed by atoms with Crippen LogP contribution in [0.1, 0.15) is 24.9 Å². The van der Waals surface area contributed by atoms with Crippen LogP contribution in [-0.4, -0.2) is 18.2 Å². The van der Waals surface area contributed by atoms with Crippen LogP contribution in [-0.2, 0) is 0 Å². The van der Waals surface area contributed by atoms with E-state index in [1.807, 2.05) is 30.3 Å². The molecular formula is C16H17ClN2O2. The fraction of sp³-hybridized carbons (Fsp3) is 0.312. The van der Waals surface area contributed by atoms with Crippen molar-refractivity contribution in [3.8, 4) is 11.5 Å². The molecule has 0 saturated heterocycles. The lowest BCUT2D eigenvalue weighted by atomic mass is 10.1. The van der Waals surface area contributed by atoms with Gasteiger partial charge in [0.1, 0.15) is 11.0 Å². The van der Waals surface area contributed by atoms with Crippen LogP contribution in [0.3, 0.4) is 0 Å². The van der Waals surface area contributed by atoms with E-state index in [0.717, 1.165) is 29.3 Å². The van der Waals surface area contributed by atoms with Crippen molar-refractivity contribution in [1.82, 2.24) is 4.98 Å². The first kappa shape index (κ1) is 14.0. The summed E-state index contributed by atoms with van der Waals surface area (Å²) in [5, 5.41) is 3.81. The molecule has 1 aliphatic heterocycles. The van der Waals surface area contributed by atoms with E-state index in [9.17, 15) is 0 Å². The summed E-state index contributed by atoms with van der Waals surface area (Å²) in [6.45, 7) is 3.46. The standard InChI is InChI=1S/C16H17ClN2O2/c1-11(18-16-5-2-4-15(17)19-16)12-6-7-13-14(10-12)21-9-3-8-20-13/h2,4-7,10-11H,3,8-9H2,1H3,(H,18,19). The van der Waals surface area contributed by atoms with Crippen molar-refractivity contribution in [3.05, 3.63) is 47.1 Å². The summed E-state index contributed by atoms with van der Waals surface area (Å²) in [7, 11) is 0. The molecule has 4 nitrogen and oxygen atoms in total. The van der Waals surface area contributed by atoms with Crippen molar-refractivity contribution in [1.29, 1.82) is 0 Å². The number of benzene rings is 1. The number of nitrogens with zero attached hydrogens (tertiary/aromatic N) is 1. The van der Waals surface area contributed by atoms with Crippen LogP contribution in [0.15, 0.2) is 36.4 Å². The van der Waals surface area contributed by atoms with Crippen molar-refractivity contribution in [2.24, 2.45) is 0 Å². The van der Waals surface area contributed by atoms with Gasteiger partial charge in [0.2, 0.25) is 0 Å². The van der Waals surface area contributed by atoms with E-state index in [4.69, 9.17) is 21.1 Å². The average Bonchev–Trinajstić information content (AvgIpc) is 2.71. The van der Waals surface area contributed by atoms with Crippen LogP contribution in [0.5, 0.6) is 11.5 Å². The molecule has 3 rings (SSSR count). The maximum absolute atomic E-state index is 5.90. The summed E-state index contributed by atoms with van der Waals surface area (Å²) in [5.41, 5.74) is 1.11. The van der Waals surface area contributed by atoms with Gasteiger partial charge in [-0.05, 0) is 36.8 Å². The molecule has 1 unspecified atom stereocenters. The Kier molecular flexibility index (Phi) is 4.15. The van der Waals surface area contributed by atoms with Gasteiger partial charge < -0.3 is 14.8 Å². The Morgan fingerprint density at radius 3 is 2.76 bits per heavy atom.